The number of carbonyl (C=O) groups is 1. The highest BCUT2D eigenvalue weighted by Crippen LogP contribution is 2.33. The molecule has 0 bridgehead atoms. The number of halogens is 3. The fraction of sp³-hybridized carbons (Fsp3) is 0.323. The Morgan fingerprint density at radius 3 is 2.35 bits per heavy atom. The van der Waals surface area contributed by atoms with Crippen LogP contribution in [0.3, 0.4) is 0 Å². The van der Waals surface area contributed by atoms with Gasteiger partial charge in [-0.15, -0.1) is 5.10 Å². The molecule has 1 heterocycles. The third kappa shape index (κ3) is 7.49. The van der Waals surface area contributed by atoms with Crippen LogP contribution < -0.4 is 10.1 Å². The highest BCUT2D eigenvalue weighted by atomic mass is 19.4. The van der Waals surface area contributed by atoms with Crippen LogP contribution in [0.4, 0.5) is 18.9 Å². The van der Waals surface area contributed by atoms with Gasteiger partial charge < -0.3 is 10.1 Å². The maximum absolute atomic E-state index is 13.3. The Kier molecular flexibility index (Phi) is 9.24. The monoisotopic (exact) mass is 550 g/mol. The number of carbonyl (C=O) groups excluding carboxylic acids is 1. The van der Waals surface area contributed by atoms with Crippen LogP contribution in [0.2, 0.25) is 0 Å². The third-order valence-corrected chi connectivity index (χ3v) is 6.28. The minimum atomic E-state index is -4.49. The number of hydrogen-bond donors (Lipinski definition) is 1. The van der Waals surface area contributed by atoms with E-state index in [0.29, 0.717) is 16.9 Å². The molecule has 1 N–H and O–H groups in total. The molecule has 210 valence electrons. The number of hydrogen-bond acceptors (Lipinski definition) is 4. The molecule has 0 radical (unpaired) electrons. The number of aryl methyl sites for hydroxylation is 1. The van der Waals surface area contributed by atoms with Gasteiger partial charge in [0.05, 0.1) is 17.4 Å². The summed E-state index contributed by atoms with van der Waals surface area (Å²) in [4.78, 5) is 17.1. The molecule has 40 heavy (non-hydrogen) atoms. The van der Waals surface area contributed by atoms with Gasteiger partial charge in [-0.2, -0.15) is 18.2 Å². The molecule has 0 fully saturated rings. The number of anilines is 1. The first-order valence-electron chi connectivity index (χ1n) is 13.5. The van der Waals surface area contributed by atoms with Crippen LogP contribution in [0.1, 0.15) is 67.9 Å². The lowest BCUT2D eigenvalue weighted by molar-refractivity contribution is -0.137. The molecule has 0 atom stereocenters. The van der Waals surface area contributed by atoms with E-state index < -0.39 is 11.7 Å². The van der Waals surface area contributed by atoms with Crippen molar-refractivity contribution in [1.29, 1.82) is 0 Å². The number of ether oxygens (including phenoxy) is 1. The lowest BCUT2D eigenvalue weighted by Gasteiger charge is -2.10. The van der Waals surface area contributed by atoms with Crippen molar-refractivity contribution in [3.05, 3.63) is 89.5 Å². The summed E-state index contributed by atoms with van der Waals surface area (Å²) >= 11 is 0. The molecule has 0 spiro atoms. The average molecular weight is 551 g/mol. The van der Waals surface area contributed by atoms with E-state index in [1.807, 2.05) is 38.1 Å². The molecule has 1 aromatic heterocycles. The molecule has 0 aliphatic heterocycles. The molecule has 0 aliphatic carbocycles. The first-order valence-corrected chi connectivity index (χ1v) is 13.5. The van der Waals surface area contributed by atoms with E-state index in [0.717, 1.165) is 25.0 Å². The molecule has 0 saturated heterocycles. The van der Waals surface area contributed by atoms with Gasteiger partial charge in [-0.05, 0) is 80.8 Å². The number of nitrogens with one attached hydrogen (secondary N) is 1. The molecular formula is C31H33F3N4O2. The largest absolute Gasteiger partial charge is 0.460 e. The van der Waals surface area contributed by atoms with Gasteiger partial charge in [0, 0.05) is 16.8 Å². The molecule has 0 aliphatic rings. The van der Waals surface area contributed by atoms with Crippen LogP contribution in [0.25, 0.3) is 17.1 Å². The van der Waals surface area contributed by atoms with E-state index in [1.54, 1.807) is 30.3 Å². The van der Waals surface area contributed by atoms with Gasteiger partial charge in [-0.25, -0.2) is 4.68 Å². The fourth-order valence-corrected chi connectivity index (χ4v) is 4.22. The Morgan fingerprint density at radius 2 is 1.70 bits per heavy atom. The second kappa shape index (κ2) is 12.8. The quantitative estimate of drug-likeness (QED) is 0.192. The van der Waals surface area contributed by atoms with Crippen LogP contribution in [0.5, 0.6) is 6.01 Å². The van der Waals surface area contributed by atoms with Crippen LogP contribution in [-0.4, -0.2) is 26.8 Å². The Balaban J connectivity index is 1.52. The fourth-order valence-electron chi connectivity index (χ4n) is 4.22. The number of alkyl halides is 3. The maximum atomic E-state index is 13.3. The lowest BCUT2D eigenvalue weighted by atomic mass is 10.0. The summed E-state index contributed by atoms with van der Waals surface area (Å²) < 4.78 is 47.1. The van der Waals surface area contributed by atoms with E-state index in [1.165, 1.54) is 35.6 Å². The standard InChI is InChI=1S/C31H33F3N4O2/c1-4-5-6-7-9-22-12-14-23(15-13-22)29(39)35-26-16-18-27(19-17-26)38-28(36-30(37-38)40-21(2)3)24-10-8-11-25(20-24)31(32,33)34/h8,10-21H,4-7,9H2,1-3H3,(H,35,39). The summed E-state index contributed by atoms with van der Waals surface area (Å²) in [5.41, 5.74) is 2.34. The number of unbranched alkanes of at least 4 members (excludes halogenated alkanes) is 3. The Hall–Kier alpha value is -4.14. The van der Waals surface area contributed by atoms with Crippen molar-refractivity contribution in [3.8, 4) is 23.1 Å². The third-order valence-electron chi connectivity index (χ3n) is 6.28. The molecule has 9 heteroatoms. The predicted octanol–water partition coefficient (Wildman–Crippen LogP) is 8.12. The van der Waals surface area contributed by atoms with Crippen LogP contribution in [0, 0.1) is 0 Å². The Labute approximate surface area is 232 Å². The van der Waals surface area contributed by atoms with Crippen molar-refractivity contribution in [2.24, 2.45) is 0 Å². The van der Waals surface area contributed by atoms with Gasteiger partial charge in [0.15, 0.2) is 5.82 Å². The molecule has 3 aromatic carbocycles. The highest BCUT2D eigenvalue weighted by molar-refractivity contribution is 6.04. The molecule has 0 unspecified atom stereocenters. The SMILES string of the molecule is CCCCCCc1ccc(C(=O)Nc2ccc(-n3nc(OC(C)C)nc3-c3cccc(C(F)(F)F)c3)cc2)cc1. The maximum Gasteiger partial charge on any atom is 0.416 e. The van der Waals surface area contributed by atoms with Crippen molar-refractivity contribution in [3.63, 3.8) is 0 Å². The first kappa shape index (κ1) is 28.9. The predicted molar refractivity (Wildman–Crippen MR) is 150 cm³/mol. The van der Waals surface area contributed by atoms with Crippen molar-refractivity contribution in [2.75, 3.05) is 5.32 Å². The van der Waals surface area contributed by atoms with E-state index in [2.05, 4.69) is 22.3 Å². The Bertz CT molecular complexity index is 1410. The number of nitrogens with zero attached hydrogens (tertiary/aromatic N) is 3. The first-order chi connectivity index (χ1) is 19.1. The van der Waals surface area contributed by atoms with E-state index in [4.69, 9.17) is 4.74 Å². The number of aromatic nitrogens is 3. The van der Waals surface area contributed by atoms with E-state index >= 15 is 0 Å². The van der Waals surface area contributed by atoms with Crippen LogP contribution in [0.15, 0.2) is 72.8 Å². The normalized spacial score (nSPS) is 11.6. The molecule has 1 amide bonds. The van der Waals surface area contributed by atoms with E-state index in [9.17, 15) is 18.0 Å². The summed E-state index contributed by atoms with van der Waals surface area (Å²) in [7, 11) is 0. The average Bonchev–Trinajstić information content (AvgIpc) is 3.34. The van der Waals surface area contributed by atoms with E-state index in [-0.39, 0.29) is 29.4 Å². The molecule has 6 nitrogen and oxygen atoms in total. The van der Waals surface area contributed by atoms with Gasteiger partial charge in [-0.1, -0.05) is 50.5 Å². The molecular weight excluding hydrogens is 517 g/mol. The van der Waals surface area contributed by atoms with Gasteiger partial charge in [0.2, 0.25) is 0 Å². The topological polar surface area (TPSA) is 69.0 Å². The minimum Gasteiger partial charge on any atom is -0.460 e. The zero-order valence-corrected chi connectivity index (χ0v) is 22.8. The van der Waals surface area contributed by atoms with Crippen molar-refractivity contribution >= 4 is 11.6 Å². The summed E-state index contributed by atoms with van der Waals surface area (Å²) in [6.07, 6.45) is 1.05. The Morgan fingerprint density at radius 1 is 0.975 bits per heavy atom. The number of amides is 1. The minimum absolute atomic E-state index is 0.0496. The molecule has 0 saturated carbocycles. The second-order valence-corrected chi connectivity index (χ2v) is 9.88. The van der Waals surface area contributed by atoms with Gasteiger partial charge in [0.25, 0.3) is 5.91 Å². The number of rotatable bonds is 11. The summed E-state index contributed by atoms with van der Waals surface area (Å²) in [5.74, 6) is -0.0309. The lowest BCUT2D eigenvalue weighted by Crippen LogP contribution is -2.12. The zero-order valence-electron chi connectivity index (χ0n) is 22.8. The smallest absolute Gasteiger partial charge is 0.416 e. The van der Waals surface area contributed by atoms with Gasteiger partial charge in [0.1, 0.15) is 0 Å². The molecule has 4 aromatic rings. The zero-order chi connectivity index (χ0) is 28.7. The highest BCUT2D eigenvalue weighted by Gasteiger charge is 2.31. The van der Waals surface area contributed by atoms with Crippen LogP contribution >= 0.6 is 0 Å². The van der Waals surface area contributed by atoms with Gasteiger partial charge in [-0.3, -0.25) is 4.79 Å². The summed E-state index contributed by atoms with van der Waals surface area (Å²) in [6, 6.07) is 19.4. The van der Waals surface area contributed by atoms with Crippen molar-refractivity contribution in [2.45, 2.75) is 65.2 Å². The molecule has 4 rings (SSSR count). The summed E-state index contributed by atoms with van der Waals surface area (Å²) in [5, 5.41) is 7.27. The van der Waals surface area contributed by atoms with Crippen molar-refractivity contribution < 1.29 is 22.7 Å². The van der Waals surface area contributed by atoms with Crippen LogP contribution in [-0.2, 0) is 12.6 Å². The summed E-state index contributed by atoms with van der Waals surface area (Å²) in [6.45, 7) is 5.80. The number of benzene rings is 3. The second-order valence-electron chi connectivity index (χ2n) is 9.88. The van der Waals surface area contributed by atoms with Gasteiger partial charge >= 0.3 is 12.2 Å². The van der Waals surface area contributed by atoms with Crippen molar-refractivity contribution in [1.82, 2.24) is 14.8 Å².